The van der Waals surface area contributed by atoms with Gasteiger partial charge < -0.3 is 14.8 Å². The van der Waals surface area contributed by atoms with E-state index in [2.05, 4.69) is 10.4 Å². The van der Waals surface area contributed by atoms with Gasteiger partial charge in [-0.05, 0) is 5.56 Å². The summed E-state index contributed by atoms with van der Waals surface area (Å²) in [6.45, 7) is 2.27. The van der Waals surface area contributed by atoms with Crippen molar-refractivity contribution in [3.05, 3.63) is 57.5 Å². The van der Waals surface area contributed by atoms with Gasteiger partial charge in [-0.2, -0.15) is 5.10 Å². The van der Waals surface area contributed by atoms with E-state index in [1.165, 1.54) is 4.68 Å². The second-order valence-corrected chi connectivity index (χ2v) is 6.55. The first-order valence-electron chi connectivity index (χ1n) is 8.30. The molecule has 25 heavy (non-hydrogen) atoms. The lowest BCUT2D eigenvalue weighted by atomic mass is 9.94. The fourth-order valence-electron chi connectivity index (χ4n) is 2.91. The van der Waals surface area contributed by atoms with E-state index in [-0.39, 0.29) is 16.2 Å². The minimum absolute atomic E-state index is 0.143. The van der Waals surface area contributed by atoms with Crippen molar-refractivity contribution >= 4 is 17.3 Å². The van der Waals surface area contributed by atoms with Crippen molar-refractivity contribution < 1.29 is 9.47 Å². The Labute approximate surface area is 151 Å². The Bertz CT molecular complexity index is 758. The summed E-state index contributed by atoms with van der Waals surface area (Å²) in [5.74, 6) is 0. The minimum atomic E-state index is -0.311. The third kappa shape index (κ3) is 4.21. The number of benzene rings is 1. The van der Waals surface area contributed by atoms with Gasteiger partial charge >= 0.3 is 0 Å². The molecule has 1 fully saturated rings. The van der Waals surface area contributed by atoms with Crippen molar-refractivity contribution in [2.75, 3.05) is 32.2 Å². The summed E-state index contributed by atoms with van der Waals surface area (Å²) in [5.41, 5.74) is 0.905. The summed E-state index contributed by atoms with van der Waals surface area (Å²) < 4.78 is 12.4. The Balaban J connectivity index is 1.73. The monoisotopic (exact) mass is 363 g/mol. The molecule has 0 saturated carbocycles. The Morgan fingerprint density at radius 2 is 2.04 bits per heavy atom. The van der Waals surface area contributed by atoms with E-state index >= 15 is 0 Å². The van der Waals surface area contributed by atoms with Crippen LogP contribution in [0.15, 0.2) is 41.3 Å². The summed E-state index contributed by atoms with van der Waals surface area (Å²) in [5, 5.41) is 7.60. The van der Waals surface area contributed by atoms with E-state index in [1.54, 1.807) is 13.3 Å². The van der Waals surface area contributed by atoms with E-state index in [4.69, 9.17) is 21.1 Å². The summed E-state index contributed by atoms with van der Waals surface area (Å²) in [6, 6.07) is 9.68. The highest BCUT2D eigenvalue weighted by molar-refractivity contribution is 6.32. The standard InChI is InChI=1S/C18H22ClN3O3/c1-24-18(7-9-25-10-8-18)13-20-15-11-21-22(17(23)16(15)19)12-14-5-3-2-4-6-14/h2-6,11,20H,7-10,12-13H2,1H3. The number of hydrogen-bond acceptors (Lipinski definition) is 5. The van der Waals surface area contributed by atoms with Gasteiger partial charge in [-0.15, -0.1) is 0 Å². The third-order valence-corrected chi connectivity index (χ3v) is 4.96. The summed E-state index contributed by atoms with van der Waals surface area (Å²) in [6.07, 6.45) is 3.19. The van der Waals surface area contributed by atoms with E-state index in [0.29, 0.717) is 32.0 Å². The summed E-state index contributed by atoms with van der Waals surface area (Å²) in [4.78, 5) is 12.5. The zero-order valence-electron chi connectivity index (χ0n) is 14.2. The molecule has 2 heterocycles. The average Bonchev–Trinajstić information content (AvgIpc) is 2.66. The smallest absolute Gasteiger partial charge is 0.287 e. The first kappa shape index (κ1) is 17.9. The van der Waals surface area contributed by atoms with Crippen molar-refractivity contribution in [1.82, 2.24) is 9.78 Å². The molecule has 0 radical (unpaired) electrons. The first-order chi connectivity index (χ1) is 12.1. The Morgan fingerprint density at radius 3 is 2.72 bits per heavy atom. The van der Waals surface area contributed by atoms with Gasteiger partial charge in [0.05, 0.1) is 24.0 Å². The normalized spacial score (nSPS) is 16.6. The lowest BCUT2D eigenvalue weighted by Crippen LogP contribution is -2.44. The van der Waals surface area contributed by atoms with Gasteiger partial charge in [-0.3, -0.25) is 4.79 Å². The predicted octanol–water partition coefficient (Wildman–Crippen LogP) is 2.55. The van der Waals surface area contributed by atoms with Gasteiger partial charge in [-0.1, -0.05) is 41.9 Å². The Hall–Kier alpha value is -1.89. The van der Waals surface area contributed by atoms with Gasteiger partial charge in [0.2, 0.25) is 0 Å². The van der Waals surface area contributed by atoms with E-state index in [9.17, 15) is 4.79 Å². The predicted molar refractivity (Wildman–Crippen MR) is 97.3 cm³/mol. The zero-order chi connectivity index (χ0) is 17.7. The van der Waals surface area contributed by atoms with Gasteiger partial charge in [0, 0.05) is 39.7 Å². The number of ether oxygens (including phenoxy) is 2. The SMILES string of the molecule is COC1(CNc2cnn(Cc3ccccc3)c(=O)c2Cl)CCOCC1. The third-order valence-electron chi connectivity index (χ3n) is 4.60. The van der Waals surface area contributed by atoms with Crippen LogP contribution in [-0.2, 0) is 16.0 Å². The number of aromatic nitrogens is 2. The van der Waals surface area contributed by atoms with Crippen LogP contribution in [0.3, 0.4) is 0 Å². The maximum absolute atomic E-state index is 12.5. The van der Waals surface area contributed by atoms with Crippen LogP contribution in [-0.4, -0.2) is 42.2 Å². The zero-order valence-corrected chi connectivity index (χ0v) is 15.0. The van der Waals surface area contributed by atoms with Crippen LogP contribution < -0.4 is 10.9 Å². The van der Waals surface area contributed by atoms with E-state index in [1.807, 2.05) is 30.3 Å². The van der Waals surface area contributed by atoms with E-state index < -0.39 is 0 Å². The van der Waals surface area contributed by atoms with Gasteiger partial charge in [0.1, 0.15) is 5.02 Å². The highest BCUT2D eigenvalue weighted by Crippen LogP contribution is 2.26. The van der Waals surface area contributed by atoms with Crippen LogP contribution in [0.4, 0.5) is 5.69 Å². The van der Waals surface area contributed by atoms with E-state index in [0.717, 1.165) is 18.4 Å². The fourth-order valence-corrected chi connectivity index (χ4v) is 3.12. The van der Waals surface area contributed by atoms with Crippen LogP contribution in [0.2, 0.25) is 5.02 Å². The molecule has 7 heteroatoms. The molecule has 1 saturated heterocycles. The van der Waals surface area contributed by atoms with Gasteiger partial charge in [0.25, 0.3) is 5.56 Å². The molecule has 134 valence electrons. The van der Waals surface area contributed by atoms with Crippen LogP contribution in [0, 0.1) is 0 Å². The molecule has 0 bridgehead atoms. The van der Waals surface area contributed by atoms with Gasteiger partial charge in [0.15, 0.2) is 0 Å². The number of rotatable bonds is 6. The van der Waals surface area contributed by atoms with Crippen LogP contribution in [0.25, 0.3) is 0 Å². The number of nitrogens with one attached hydrogen (secondary N) is 1. The maximum Gasteiger partial charge on any atom is 0.287 e. The van der Waals surface area contributed by atoms with Crippen molar-refractivity contribution in [3.8, 4) is 0 Å². The van der Waals surface area contributed by atoms with Crippen LogP contribution in [0.1, 0.15) is 18.4 Å². The highest BCUT2D eigenvalue weighted by Gasteiger charge is 2.32. The number of methoxy groups -OCH3 is 1. The summed E-state index contributed by atoms with van der Waals surface area (Å²) in [7, 11) is 1.70. The maximum atomic E-state index is 12.5. The highest BCUT2D eigenvalue weighted by atomic mass is 35.5. The second-order valence-electron chi connectivity index (χ2n) is 6.17. The largest absolute Gasteiger partial charge is 0.381 e. The fraction of sp³-hybridized carbons (Fsp3) is 0.444. The molecular weight excluding hydrogens is 342 g/mol. The second kappa shape index (κ2) is 7.99. The molecule has 0 spiro atoms. The molecule has 0 atom stereocenters. The molecule has 0 unspecified atom stereocenters. The lowest BCUT2D eigenvalue weighted by molar-refractivity contribution is -0.0807. The molecule has 2 aromatic rings. The molecule has 3 rings (SSSR count). The molecular formula is C18H22ClN3O3. The molecule has 1 aliphatic rings. The number of halogens is 1. The van der Waals surface area contributed by atoms with Crippen molar-refractivity contribution in [2.45, 2.75) is 25.0 Å². The quantitative estimate of drug-likeness (QED) is 0.854. The molecule has 1 aliphatic heterocycles. The molecule has 0 aliphatic carbocycles. The number of hydrogen-bond donors (Lipinski definition) is 1. The van der Waals surface area contributed by atoms with Gasteiger partial charge in [-0.25, -0.2) is 4.68 Å². The van der Waals surface area contributed by atoms with Crippen LogP contribution in [0.5, 0.6) is 0 Å². The molecule has 1 N–H and O–H groups in total. The Kier molecular flexibility index (Phi) is 5.73. The average molecular weight is 364 g/mol. The summed E-state index contributed by atoms with van der Waals surface area (Å²) >= 11 is 6.27. The van der Waals surface area contributed by atoms with Crippen molar-refractivity contribution in [2.24, 2.45) is 0 Å². The van der Waals surface area contributed by atoms with Crippen molar-refractivity contribution in [3.63, 3.8) is 0 Å². The number of anilines is 1. The molecule has 0 amide bonds. The minimum Gasteiger partial charge on any atom is -0.381 e. The van der Waals surface area contributed by atoms with Crippen LogP contribution >= 0.6 is 11.6 Å². The van der Waals surface area contributed by atoms with Crippen molar-refractivity contribution in [1.29, 1.82) is 0 Å². The molecule has 1 aromatic heterocycles. The lowest BCUT2D eigenvalue weighted by Gasteiger charge is -2.36. The Morgan fingerprint density at radius 1 is 1.32 bits per heavy atom. The number of nitrogens with zero attached hydrogens (tertiary/aromatic N) is 2. The molecule has 1 aromatic carbocycles. The molecule has 6 nitrogen and oxygen atoms in total. The topological polar surface area (TPSA) is 65.4 Å². The first-order valence-corrected chi connectivity index (χ1v) is 8.68.